The highest BCUT2D eigenvalue weighted by Gasteiger charge is 2.30. The molecule has 0 unspecified atom stereocenters. The van der Waals surface area contributed by atoms with E-state index in [9.17, 15) is 22.4 Å². The first-order valence-corrected chi connectivity index (χ1v) is 11.0. The van der Waals surface area contributed by atoms with Gasteiger partial charge in [-0.2, -0.15) is 13.2 Å². The molecule has 0 radical (unpaired) electrons. The number of ether oxygens (including phenoxy) is 1. The predicted molar refractivity (Wildman–Crippen MR) is 136 cm³/mol. The van der Waals surface area contributed by atoms with Crippen LogP contribution in [0.15, 0.2) is 68.6 Å². The largest absolute Gasteiger partial charge is 0.489 e. The van der Waals surface area contributed by atoms with Crippen LogP contribution in [0, 0.1) is 5.82 Å². The molecule has 0 atom stereocenters. The molecule has 2 N–H and O–H groups in total. The zero-order chi connectivity index (χ0) is 27.5. The molecule has 0 bridgehead atoms. The smallest absolute Gasteiger partial charge is 0.416 e. The zero-order valence-corrected chi connectivity index (χ0v) is 21.1. The Morgan fingerprint density at radius 2 is 1.67 bits per heavy atom. The molecule has 10 heteroatoms. The average molecular weight is 507 g/mol. The van der Waals surface area contributed by atoms with Crippen LogP contribution in [0.5, 0.6) is 5.75 Å². The van der Waals surface area contributed by atoms with Crippen LogP contribution in [0.3, 0.4) is 0 Å². The van der Waals surface area contributed by atoms with E-state index in [0.29, 0.717) is 16.9 Å². The van der Waals surface area contributed by atoms with E-state index in [0.717, 1.165) is 18.2 Å². The molecule has 0 saturated carbocycles. The van der Waals surface area contributed by atoms with Gasteiger partial charge in [-0.25, -0.2) is 9.38 Å². The van der Waals surface area contributed by atoms with Gasteiger partial charge < -0.3 is 10.5 Å². The van der Waals surface area contributed by atoms with Gasteiger partial charge in [0.25, 0.3) is 0 Å². The van der Waals surface area contributed by atoms with Crippen molar-refractivity contribution in [3.05, 3.63) is 76.1 Å². The minimum Gasteiger partial charge on any atom is -0.489 e. The van der Waals surface area contributed by atoms with Gasteiger partial charge in [-0.15, -0.1) is 0 Å². The normalized spacial score (nSPS) is 13.2. The number of halogens is 4. The number of hydrogen-bond donors (Lipinski definition) is 1. The minimum absolute atomic E-state index is 0.00425. The van der Waals surface area contributed by atoms with E-state index in [2.05, 4.69) is 15.0 Å². The van der Waals surface area contributed by atoms with Crippen molar-refractivity contribution in [2.24, 2.45) is 20.7 Å². The van der Waals surface area contributed by atoms with Crippen LogP contribution in [-0.4, -0.2) is 44.4 Å². The second-order valence-corrected chi connectivity index (χ2v) is 7.20. The molecule has 0 aliphatic rings. The van der Waals surface area contributed by atoms with E-state index in [1.165, 1.54) is 37.5 Å². The fraction of sp³-hybridized carbons (Fsp3) is 0.308. The Bertz CT molecular complexity index is 1170. The number of alkyl halides is 3. The molecule has 0 aromatic heterocycles. The number of carbonyl (C=O) groups excluding carboxylic acids is 1. The van der Waals surface area contributed by atoms with E-state index < -0.39 is 23.5 Å². The molecule has 2 aromatic carbocycles. The number of aliphatic imine (C=N–C) groups is 3. The number of amidine groups is 1. The van der Waals surface area contributed by atoms with Crippen LogP contribution < -0.4 is 10.5 Å². The Morgan fingerprint density at radius 1 is 1.06 bits per heavy atom. The number of primary amides is 1. The Balaban J connectivity index is 0.00000316. The molecule has 2 aromatic rings. The van der Waals surface area contributed by atoms with Crippen LogP contribution >= 0.6 is 0 Å². The third kappa shape index (κ3) is 8.44. The fourth-order valence-electron chi connectivity index (χ4n) is 2.95. The highest BCUT2D eigenvalue weighted by molar-refractivity contribution is 6.20. The van der Waals surface area contributed by atoms with Crippen molar-refractivity contribution in [3.63, 3.8) is 0 Å². The summed E-state index contributed by atoms with van der Waals surface area (Å²) in [6, 6.07) is 8.00. The van der Waals surface area contributed by atoms with E-state index in [1.807, 2.05) is 13.8 Å². The van der Waals surface area contributed by atoms with Crippen LogP contribution in [-0.2, 0) is 6.18 Å². The van der Waals surface area contributed by atoms with Crippen molar-refractivity contribution in [2.75, 3.05) is 20.7 Å². The Morgan fingerprint density at radius 3 is 2.17 bits per heavy atom. The molecule has 1 amide bonds. The van der Waals surface area contributed by atoms with Gasteiger partial charge in [-0.05, 0) is 61.9 Å². The van der Waals surface area contributed by atoms with E-state index in [-0.39, 0.29) is 29.3 Å². The summed E-state index contributed by atoms with van der Waals surface area (Å²) < 4.78 is 58.2. The molecule has 36 heavy (non-hydrogen) atoms. The lowest BCUT2D eigenvalue weighted by molar-refractivity contribution is -0.137. The summed E-state index contributed by atoms with van der Waals surface area (Å²) in [6.07, 6.45) is -2.89. The average Bonchev–Trinajstić information content (AvgIpc) is 2.85. The standard InChI is InChI=1S/C24H24F4N4O2.C2H6/c1-14(13-34-18-8-6-17(7-9-18)24(26,27)28)20(12-30-3)15(2)32-23(31-4)19-11-16(22(29)33)5-10-21(19)25;1-2/h5-12H,13H2,1-4H3,(H2,29,33);1-2H3/b20-14-,30-12?,31-23?,32-15?;. The van der Waals surface area contributed by atoms with Gasteiger partial charge in [0.2, 0.25) is 5.91 Å². The molecule has 0 heterocycles. The van der Waals surface area contributed by atoms with Gasteiger partial charge in [-0.3, -0.25) is 14.8 Å². The van der Waals surface area contributed by atoms with Crippen LogP contribution in [0.1, 0.15) is 49.2 Å². The predicted octanol–water partition coefficient (Wildman–Crippen LogP) is 5.90. The van der Waals surface area contributed by atoms with Crippen molar-refractivity contribution in [2.45, 2.75) is 33.9 Å². The summed E-state index contributed by atoms with van der Waals surface area (Å²) in [7, 11) is 2.99. The third-order valence-electron chi connectivity index (χ3n) is 4.72. The number of hydrogen-bond acceptors (Lipinski definition) is 4. The van der Waals surface area contributed by atoms with Gasteiger partial charge in [-0.1, -0.05) is 13.8 Å². The van der Waals surface area contributed by atoms with Gasteiger partial charge in [0, 0.05) is 37.2 Å². The highest BCUT2D eigenvalue weighted by atomic mass is 19.4. The third-order valence-corrected chi connectivity index (χ3v) is 4.72. The van der Waals surface area contributed by atoms with Gasteiger partial charge in [0.05, 0.1) is 11.1 Å². The number of carbonyl (C=O) groups is 1. The van der Waals surface area contributed by atoms with Gasteiger partial charge >= 0.3 is 6.18 Å². The maximum Gasteiger partial charge on any atom is 0.416 e. The van der Waals surface area contributed by atoms with Crippen LogP contribution in [0.4, 0.5) is 17.6 Å². The summed E-state index contributed by atoms with van der Waals surface area (Å²) in [4.78, 5) is 23.9. The molecule has 194 valence electrons. The lowest BCUT2D eigenvalue weighted by Crippen LogP contribution is -2.14. The molecular formula is C26H30F4N4O2. The van der Waals surface area contributed by atoms with Crippen molar-refractivity contribution < 1.29 is 27.1 Å². The van der Waals surface area contributed by atoms with Crippen molar-refractivity contribution in [1.82, 2.24) is 0 Å². The molecule has 0 aliphatic heterocycles. The van der Waals surface area contributed by atoms with Gasteiger partial charge in [0.15, 0.2) is 5.84 Å². The summed E-state index contributed by atoms with van der Waals surface area (Å²) in [5, 5.41) is 0. The van der Waals surface area contributed by atoms with E-state index >= 15 is 0 Å². The molecule has 0 aliphatic carbocycles. The fourth-order valence-corrected chi connectivity index (χ4v) is 2.95. The first-order chi connectivity index (χ1) is 17.0. The van der Waals surface area contributed by atoms with Crippen LogP contribution in [0.2, 0.25) is 0 Å². The number of allylic oxidation sites excluding steroid dienone is 1. The maximum absolute atomic E-state index is 14.4. The molecule has 6 nitrogen and oxygen atoms in total. The van der Waals surface area contributed by atoms with Crippen molar-refractivity contribution in [1.29, 1.82) is 0 Å². The lowest BCUT2D eigenvalue weighted by Gasteiger charge is -2.12. The first kappa shape index (κ1) is 30.2. The maximum atomic E-state index is 14.4. The Kier molecular flexibility index (Phi) is 11.7. The summed E-state index contributed by atoms with van der Waals surface area (Å²) in [5.74, 6) is -1.04. The monoisotopic (exact) mass is 506 g/mol. The Hall–Kier alpha value is -3.82. The number of nitrogens with two attached hydrogens (primary N) is 1. The SMILES string of the molecule is CC.CN=C/C(C(C)=NC(=NC)c1cc(C(N)=O)ccc1F)=C(\C)COc1ccc(C(F)(F)F)cc1. The number of amides is 1. The Labute approximate surface area is 208 Å². The summed E-state index contributed by atoms with van der Waals surface area (Å²) in [6.45, 7) is 7.46. The molecule has 0 fully saturated rings. The molecule has 0 spiro atoms. The number of rotatable bonds is 7. The lowest BCUT2D eigenvalue weighted by atomic mass is 10.1. The topological polar surface area (TPSA) is 89.4 Å². The number of benzene rings is 2. The molecule has 0 saturated heterocycles. The minimum atomic E-state index is -4.43. The van der Waals surface area contributed by atoms with Crippen molar-refractivity contribution >= 4 is 23.7 Å². The van der Waals surface area contributed by atoms with Crippen LogP contribution in [0.25, 0.3) is 0 Å². The second-order valence-electron chi connectivity index (χ2n) is 7.20. The molecular weight excluding hydrogens is 476 g/mol. The van der Waals surface area contributed by atoms with E-state index in [1.54, 1.807) is 20.9 Å². The summed E-state index contributed by atoms with van der Waals surface area (Å²) in [5.41, 5.74) is 6.30. The summed E-state index contributed by atoms with van der Waals surface area (Å²) >= 11 is 0. The highest BCUT2D eigenvalue weighted by Crippen LogP contribution is 2.30. The second kappa shape index (κ2) is 13.9. The number of nitrogens with zero attached hydrogens (tertiary/aromatic N) is 3. The van der Waals surface area contributed by atoms with Gasteiger partial charge in [0.1, 0.15) is 18.2 Å². The first-order valence-electron chi connectivity index (χ1n) is 11.0. The quantitative estimate of drug-likeness (QED) is 0.288. The van der Waals surface area contributed by atoms with E-state index in [4.69, 9.17) is 10.5 Å². The van der Waals surface area contributed by atoms with Crippen molar-refractivity contribution in [3.8, 4) is 5.75 Å². The zero-order valence-electron chi connectivity index (χ0n) is 21.1. The molecule has 2 rings (SSSR count).